The van der Waals surface area contributed by atoms with Gasteiger partial charge in [-0.1, -0.05) is 19.1 Å². The Morgan fingerprint density at radius 2 is 2.00 bits per heavy atom. The maximum absolute atomic E-state index is 11.8. The van der Waals surface area contributed by atoms with E-state index in [0.717, 1.165) is 5.56 Å². The molecular weight excluding hydrogens is 300 g/mol. The second kappa shape index (κ2) is 9.45. The lowest BCUT2D eigenvalue weighted by molar-refractivity contribution is -0.144. The summed E-state index contributed by atoms with van der Waals surface area (Å²) < 4.78 is 9.47. The highest BCUT2D eigenvalue weighted by atomic mass is 16.5. The van der Waals surface area contributed by atoms with Crippen LogP contribution in [0, 0.1) is 5.92 Å². The molecule has 23 heavy (non-hydrogen) atoms. The van der Waals surface area contributed by atoms with E-state index in [0.29, 0.717) is 18.7 Å². The third-order valence-electron chi connectivity index (χ3n) is 3.05. The van der Waals surface area contributed by atoms with Crippen LogP contribution in [-0.2, 0) is 25.5 Å². The van der Waals surface area contributed by atoms with Crippen LogP contribution in [0.5, 0.6) is 0 Å². The summed E-state index contributed by atoms with van der Waals surface area (Å²) >= 11 is 0. The van der Waals surface area contributed by atoms with E-state index in [2.05, 4.69) is 15.4 Å². The Kier molecular flexibility index (Phi) is 7.59. The van der Waals surface area contributed by atoms with Gasteiger partial charge in [-0.25, -0.2) is 4.79 Å². The molecule has 0 aliphatic carbocycles. The van der Waals surface area contributed by atoms with Crippen LogP contribution in [0.25, 0.3) is 0 Å². The van der Waals surface area contributed by atoms with Crippen LogP contribution >= 0.6 is 0 Å². The number of methoxy groups -OCH3 is 1. The molecule has 7 nitrogen and oxygen atoms in total. The normalized spacial score (nSPS) is 11.3. The molecule has 2 N–H and O–H groups in total. The average molecular weight is 322 g/mol. The lowest BCUT2D eigenvalue weighted by Crippen LogP contribution is -2.35. The number of benzene rings is 1. The smallest absolute Gasteiger partial charge is 0.319 e. The van der Waals surface area contributed by atoms with E-state index >= 15 is 0 Å². The summed E-state index contributed by atoms with van der Waals surface area (Å²) in [7, 11) is 1.31. The number of carbonyl (C=O) groups excluding carboxylic acids is 3. The van der Waals surface area contributed by atoms with Gasteiger partial charge in [-0.2, -0.15) is 0 Å². The van der Waals surface area contributed by atoms with Gasteiger partial charge < -0.3 is 20.1 Å². The van der Waals surface area contributed by atoms with Crippen LogP contribution in [0.2, 0.25) is 0 Å². The number of ether oxygens (including phenoxy) is 2. The molecule has 0 saturated carbocycles. The first kappa shape index (κ1) is 18.5. The Hall–Kier alpha value is -2.57. The van der Waals surface area contributed by atoms with E-state index in [-0.39, 0.29) is 18.5 Å². The van der Waals surface area contributed by atoms with Crippen molar-refractivity contribution >= 4 is 23.7 Å². The maximum Gasteiger partial charge on any atom is 0.319 e. The van der Waals surface area contributed by atoms with E-state index in [9.17, 15) is 14.4 Å². The van der Waals surface area contributed by atoms with E-state index in [1.54, 1.807) is 25.1 Å². The molecule has 0 spiro atoms. The summed E-state index contributed by atoms with van der Waals surface area (Å²) in [5, 5.41) is 5.29. The van der Waals surface area contributed by atoms with Gasteiger partial charge in [-0.05, 0) is 17.7 Å². The molecule has 7 heteroatoms. The van der Waals surface area contributed by atoms with E-state index in [1.165, 1.54) is 14.0 Å². The Bertz CT molecular complexity index is 559. The molecule has 0 bridgehead atoms. The van der Waals surface area contributed by atoms with E-state index < -0.39 is 11.9 Å². The van der Waals surface area contributed by atoms with Gasteiger partial charge in [0, 0.05) is 25.6 Å². The molecule has 0 aliphatic rings. The van der Waals surface area contributed by atoms with Crippen molar-refractivity contribution in [3.8, 4) is 0 Å². The summed E-state index contributed by atoms with van der Waals surface area (Å²) in [5.74, 6) is -1.11. The van der Waals surface area contributed by atoms with Crippen molar-refractivity contribution in [2.75, 3.05) is 25.6 Å². The molecule has 1 atom stereocenters. The average Bonchev–Trinajstić information content (AvgIpc) is 2.51. The van der Waals surface area contributed by atoms with Crippen LogP contribution in [-0.4, -0.2) is 38.2 Å². The van der Waals surface area contributed by atoms with Crippen LogP contribution in [0.4, 0.5) is 10.5 Å². The van der Waals surface area contributed by atoms with Gasteiger partial charge in [0.15, 0.2) is 0 Å². The zero-order valence-corrected chi connectivity index (χ0v) is 13.5. The molecule has 0 fully saturated rings. The molecule has 1 rings (SSSR count). The molecule has 0 saturated heterocycles. The minimum atomic E-state index is -0.416. The van der Waals surface area contributed by atoms with Crippen LogP contribution in [0.15, 0.2) is 24.3 Å². The van der Waals surface area contributed by atoms with Crippen molar-refractivity contribution in [2.45, 2.75) is 20.3 Å². The van der Waals surface area contributed by atoms with Crippen LogP contribution in [0.1, 0.15) is 19.4 Å². The Morgan fingerprint density at radius 3 is 2.65 bits per heavy atom. The van der Waals surface area contributed by atoms with E-state index in [1.807, 2.05) is 6.07 Å². The quantitative estimate of drug-likeness (QED) is 0.746. The lowest BCUT2D eigenvalue weighted by Gasteiger charge is -2.12. The number of carbonyl (C=O) groups is 3. The van der Waals surface area contributed by atoms with Crippen molar-refractivity contribution in [1.82, 2.24) is 5.32 Å². The lowest BCUT2D eigenvalue weighted by atomic mass is 10.1. The Balaban J connectivity index is 2.45. The fourth-order valence-corrected chi connectivity index (χ4v) is 1.82. The highest BCUT2D eigenvalue weighted by Crippen LogP contribution is 2.11. The predicted octanol–water partition coefficient (Wildman–Crippen LogP) is 1.72. The zero-order valence-electron chi connectivity index (χ0n) is 13.5. The second-order valence-electron chi connectivity index (χ2n) is 5.05. The number of amides is 2. The molecule has 0 radical (unpaired) electrons. The van der Waals surface area contributed by atoms with Crippen LogP contribution in [0.3, 0.4) is 0 Å². The summed E-state index contributed by atoms with van der Waals surface area (Å²) in [4.78, 5) is 33.8. The van der Waals surface area contributed by atoms with Gasteiger partial charge >= 0.3 is 18.0 Å². The first-order valence-electron chi connectivity index (χ1n) is 7.27. The predicted molar refractivity (Wildman–Crippen MR) is 85.0 cm³/mol. The SMILES string of the molecule is COC(=O)[C@@H](C)CNC(=O)Nc1cccc(CCOC(C)=O)c1. The molecule has 1 aromatic rings. The van der Waals surface area contributed by atoms with Gasteiger partial charge in [-0.3, -0.25) is 9.59 Å². The molecule has 2 amide bonds. The van der Waals surface area contributed by atoms with Crippen LogP contribution < -0.4 is 10.6 Å². The highest BCUT2D eigenvalue weighted by molar-refractivity contribution is 5.89. The molecule has 1 aromatic carbocycles. The van der Waals surface area contributed by atoms with Gasteiger partial charge in [0.25, 0.3) is 0 Å². The largest absolute Gasteiger partial charge is 0.469 e. The summed E-state index contributed by atoms with van der Waals surface area (Å²) in [6.45, 7) is 3.51. The Morgan fingerprint density at radius 1 is 1.26 bits per heavy atom. The van der Waals surface area contributed by atoms with Gasteiger partial charge in [0.2, 0.25) is 0 Å². The number of esters is 2. The first-order chi connectivity index (χ1) is 10.9. The molecule has 0 aromatic heterocycles. The molecular formula is C16H22N2O5. The molecule has 0 aliphatic heterocycles. The zero-order chi connectivity index (χ0) is 17.2. The van der Waals surface area contributed by atoms with Gasteiger partial charge in [-0.15, -0.1) is 0 Å². The topological polar surface area (TPSA) is 93.7 Å². The minimum absolute atomic E-state index is 0.185. The standard InChI is InChI=1S/C16H22N2O5/c1-11(15(20)22-3)10-17-16(21)18-14-6-4-5-13(9-14)7-8-23-12(2)19/h4-6,9,11H,7-8,10H2,1-3H3,(H2,17,18,21)/t11-/m0/s1. The highest BCUT2D eigenvalue weighted by Gasteiger charge is 2.14. The third-order valence-corrected chi connectivity index (χ3v) is 3.05. The number of hydrogen-bond donors (Lipinski definition) is 2. The minimum Gasteiger partial charge on any atom is -0.469 e. The number of anilines is 1. The number of nitrogens with one attached hydrogen (secondary N) is 2. The summed E-state index contributed by atoms with van der Waals surface area (Å²) in [6.07, 6.45) is 0.566. The van der Waals surface area contributed by atoms with Crippen molar-refractivity contribution in [1.29, 1.82) is 0 Å². The number of urea groups is 1. The second-order valence-corrected chi connectivity index (χ2v) is 5.05. The fraction of sp³-hybridized carbons (Fsp3) is 0.438. The molecule has 126 valence electrons. The first-order valence-corrected chi connectivity index (χ1v) is 7.27. The molecule has 0 heterocycles. The van der Waals surface area contributed by atoms with Gasteiger partial charge in [0.1, 0.15) is 0 Å². The fourth-order valence-electron chi connectivity index (χ4n) is 1.82. The third kappa shape index (κ3) is 7.30. The summed E-state index contributed by atoms with van der Waals surface area (Å²) in [6, 6.07) is 6.82. The summed E-state index contributed by atoms with van der Waals surface area (Å²) in [5.41, 5.74) is 1.56. The monoisotopic (exact) mass is 322 g/mol. The van der Waals surface area contributed by atoms with Gasteiger partial charge in [0.05, 0.1) is 19.6 Å². The Labute approximate surface area is 135 Å². The van der Waals surface area contributed by atoms with Crippen molar-refractivity contribution in [2.24, 2.45) is 5.92 Å². The number of rotatable bonds is 7. The molecule has 0 unspecified atom stereocenters. The van der Waals surface area contributed by atoms with Crippen molar-refractivity contribution in [3.05, 3.63) is 29.8 Å². The van der Waals surface area contributed by atoms with E-state index in [4.69, 9.17) is 4.74 Å². The van der Waals surface area contributed by atoms with Crippen molar-refractivity contribution < 1.29 is 23.9 Å². The van der Waals surface area contributed by atoms with Crippen molar-refractivity contribution in [3.63, 3.8) is 0 Å². The maximum atomic E-state index is 11.8. The number of hydrogen-bond acceptors (Lipinski definition) is 5.